The maximum atomic E-state index is 12.9. The van der Waals surface area contributed by atoms with Gasteiger partial charge in [0.05, 0.1) is 11.4 Å². The van der Waals surface area contributed by atoms with Gasteiger partial charge in [-0.3, -0.25) is 24.3 Å². The zero-order valence-corrected chi connectivity index (χ0v) is 19.6. The Morgan fingerprint density at radius 3 is 2.29 bits per heavy atom. The van der Waals surface area contributed by atoms with Crippen LogP contribution in [-0.4, -0.2) is 87.1 Å². The smallest absolute Gasteiger partial charge is 0.322 e. The Balaban J connectivity index is 1.34. The van der Waals surface area contributed by atoms with E-state index in [-0.39, 0.29) is 30.9 Å². The maximum Gasteiger partial charge on any atom is 0.322 e. The molecular formula is C25H32N6O3. The van der Waals surface area contributed by atoms with Gasteiger partial charge in [0.25, 0.3) is 0 Å². The first-order chi connectivity index (χ1) is 16.5. The molecule has 9 nitrogen and oxygen atoms in total. The van der Waals surface area contributed by atoms with E-state index in [2.05, 4.69) is 27.5 Å². The lowest BCUT2D eigenvalue weighted by molar-refractivity contribution is -0.123. The van der Waals surface area contributed by atoms with Crippen LogP contribution in [0.25, 0.3) is 0 Å². The number of para-hydroxylation sites is 2. The van der Waals surface area contributed by atoms with Gasteiger partial charge < -0.3 is 15.5 Å². The van der Waals surface area contributed by atoms with Gasteiger partial charge in [-0.15, -0.1) is 0 Å². The molecule has 0 saturated carbocycles. The molecule has 0 bridgehead atoms. The molecule has 2 aliphatic rings. The first-order valence-electron chi connectivity index (χ1n) is 11.7. The first-order valence-corrected chi connectivity index (χ1v) is 11.7. The summed E-state index contributed by atoms with van der Waals surface area (Å²) >= 11 is 0. The summed E-state index contributed by atoms with van der Waals surface area (Å²) in [5.41, 5.74) is 2.14. The van der Waals surface area contributed by atoms with Gasteiger partial charge in [0, 0.05) is 45.8 Å². The van der Waals surface area contributed by atoms with Crippen LogP contribution in [0.15, 0.2) is 54.6 Å². The Kier molecular flexibility index (Phi) is 7.76. The molecular weight excluding hydrogens is 432 g/mol. The SMILES string of the molecule is CN1CCN(CCNC(=O)CN2C(=O)CN(C(=O)NCc3ccccc3)c3ccccc32)CC1. The molecule has 0 unspecified atom stereocenters. The molecule has 2 N–H and O–H groups in total. The Labute approximate surface area is 200 Å². The van der Waals surface area contributed by atoms with E-state index < -0.39 is 0 Å². The van der Waals surface area contributed by atoms with Crippen LogP contribution in [0.3, 0.4) is 0 Å². The summed E-state index contributed by atoms with van der Waals surface area (Å²) in [6, 6.07) is 16.4. The van der Waals surface area contributed by atoms with Crippen LogP contribution in [0, 0.1) is 0 Å². The molecule has 1 saturated heterocycles. The van der Waals surface area contributed by atoms with Crippen molar-refractivity contribution in [2.24, 2.45) is 0 Å². The minimum Gasteiger partial charge on any atom is -0.353 e. The molecule has 0 aromatic heterocycles. The molecule has 2 heterocycles. The van der Waals surface area contributed by atoms with Gasteiger partial charge in [0.1, 0.15) is 13.1 Å². The number of fused-ring (bicyclic) bond motifs is 1. The highest BCUT2D eigenvalue weighted by Crippen LogP contribution is 2.33. The van der Waals surface area contributed by atoms with Gasteiger partial charge >= 0.3 is 6.03 Å². The van der Waals surface area contributed by atoms with Crippen molar-refractivity contribution in [3.8, 4) is 0 Å². The van der Waals surface area contributed by atoms with Crippen molar-refractivity contribution >= 4 is 29.2 Å². The molecule has 0 atom stereocenters. The number of nitrogens with zero attached hydrogens (tertiary/aromatic N) is 4. The Hall–Kier alpha value is -3.43. The van der Waals surface area contributed by atoms with Crippen LogP contribution in [0.5, 0.6) is 0 Å². The molecule has 180 valence electrons. The number of amides is 4. The van der Waals surface area contributed by atoms with E-state index in [0.29, 0.717) is 24.5 Å². The highest BCUT2D eigenvalue weighted by molar-refractivity contribution is 6.12. The van der Waals surface area contributed by atoms with Gasteiger partial charge in [0.2, 0.25) is 11.8 Å². The molecule has 0 aliphatic carbocycles. The summed E-state index contributed by atoms with van der Waals surface area (Å²) in [6.07, 6.45) is 0. The number of urea groups is 1. The summed E-state index contributed by atoms with van der Waals surface area (Å²) < 4.78 is 0. The topological polar surface area (TPSA) is 88.2 Å². The summed E-state index contributed by atoms with van der Waals surface area (Å²) in [6.45, 7) is 5.56. The fourth-order valence-electron chi connectivity index (χ4n) is 4.21. The van der Waals surface area contributed by atoms with Gasteiger partial charge in [0.15, 0.2) is 0 Å². The lowest BCUT2D eigenvalue weighted by Gasteiger charge is -2.35. The molecule has 4 rings (SSSR count). The number of benzene rings is 2. The number of nitrogens with one attached hydrogen (secondary N) is 2. The predicted octanol–water partition coefficient (Wildman–Crippen LogP) is 1.11. The van der Waals surface area contributed by atoms with Crippen LogP contribution in [0.2, 0.25) is 0 Å². The zero-order chi connectivity index (χ0) is 23.9. The first kappa shape index (κ1) is 23.7. The average molecular weight is 465 g/mol. The van der Waals surface area contributed by atoms with E-state index in [1.54, 1.807) is 18.2 Å². The summed E-state index contributed by atoms with van der Waals surface area (Å²) in [7, 11) is 2.11. The van der Waals surface area contributed by atoms with E-state index in [1.165, 1.54) is 9.80 Å². The molecule has 2 aromatic carbocycles. The number of likely N-dealkylation sites (N-methyl/N-ethyl adjacent to an activating group) is 1. The monoisotopic (exact) mass is 464 g/mol. The minimum absolute atomic E-state index is 0.0714. The van der Waals surface area contributed by atoms with Crippen molar-refractivity contribution in [1.82, 2.24) is 20.4 Å². The van der Waals surface area contributed by atoms with Crippen LogP contribution < -0.4 is 20.4 Å². The second-order valence-electron chi connectivity index (χ2n) is 8.69. The Bertz CT molecular complexity index is 1010. The van der Waals surface area contributed by atoms with Crippen molar-refractivity contribution < 1.29 is 14.4 Å². The number of rotatable bonds is 7. The van der Waals surface area contributed by atoms with E-state index in [1.807, 2.05) is 36.4 Å². The number of carbonyl (C=O) groups excluding carboxylic acids is 3. The van der Waals surface area contributed by atoms with Crippen LogP contribution in [0.4, 0.5) is 16.2 Å². The quantitative estimate of drug-likeness (QED) is 0.641. The molecule has 0 spiro atoms. The molecule has 2 aliphatic heterocycles. The second kappa shape index (κ2) is 11.1. The average Bonchev–Trinajstić information content (AvgIpc) is 2.86. The molecule has 2 aromatic rings. The molecule has 34 heavy (non-hydrogen) atoms. The lowest BCUT2D eigenvalue weighted by atomic mass is 10.1. The third-order valence-corrected chi connectivity index (χ3v) is 6.24. The normalized spacial score (nSPS) is 16.8. The van der Waals surface area contributed by atoms with E-state index in [9.17, 15) is 14.4 Å². The number of piperazine rings is 1. The third-order valence-electron chi connectivity index (χ3n) is 6.24. The van der Waals surface area contributed by atoms with Gasteiger partial charge in [-0.25, -0.2) is 4.79 Å². The van der Waals surface area contributed by atoms with Crippen molar-refractivity contribution in [3.63, 3.8) is 0 Å². The van der Waals surface area contributed by atoms with E-state index >= 15 is 0 Å². The van der Waals surface area contributed by atoms with Crippen molar-refractivity contribution in [2.45, 2.75) is 6.54 Å². The fraction of sp³-hybridized carbons (Fsp3) is 0.400. The second-order valence-corrected chi connectivity index (χ2v) is 8.69. The Morgan fingerprint density at radius 2 is 1.56 bits per heavy atom. The highest BCUT2D eigenvalue weighted by atomic mass is 16.2. The van der Waals surface area contributed by atoms with Gasteiger partial charge in [-0.2, -0.15) is 0 Å². The molecule has 9 heteroatoms. The van der Waals surface area contributed by atoms with Gasteiger partial charge in [-0.1, -0.05) is 42.5 Å². The van der Waals surface area contributed by atoms with Crippen molar-refractivity contribution in [1.29, 1.82) is 0 Å². The van der Waals surface area contributed by atoms with Gasteiger partial charge in [-0.05, 0) is 24.7 Å². The lowest BCUT2D eigenvalue weighted by Crippen LogP contribution is -2.53. The minimum atomic E-state index is -0.346. The number of hydrogen-bond acceptors (Lipinski definition) is 5. The Morgan fingerprint density at radius 1 is 0.882 bits per heavy atom. The number of hydrogen-bond donors (Lipinski definition) is 2. The van der Waals surface area contributed by atoms with E-state index in [4.69, 9.17) is 0 Å². The molecule has 4 amide bonds. The third kappa shape index (κ3) is 5.92. The zero-order valence-electron chi connectivity index (χ0n) is 19.6. The highest BCUT2D eigenvalue weighted by Gasteiger charge is 2.33. The van der Waals surface area contributed by atoms with E-state index in [0.717, 1.165) is 38.3 Å². The molecule has 0 radical (unpaired) electrons. The van der Waals surface area contributed by atoms with Crippen molar-refractivity contribution in [2.75, 3.05) is 69.2 Å². The number of anilines is 2. The summed E-state index contributed by atoms with van der Waals surface area (Å²) in [4.78, 5) is 45.9. The predicted molar refractivity (Wildman–Crippen MR) is 132 cm³/mol. The van der Waals surface area contributed by atoms with Crippen LogP contribution in [-0.2, 0) is 16.1 Å². The number of carbonyl (C=O) groups is 3. The largest absolute Gasteiger partial charge is 0.353 e. The van der Waals surface area contributed by atoms with Crippen LogP contribution >= 0.6 is 0 Å². The maximum absolute atomic E-state index is 12.9. The van der Waals surface area contributed by atoms with Crippen LogP contribution in [0.1, 0.15) is 5.56 Å². The molecule has 1 fully saturated rings. The fourth-order valence-corrected chi connectivity index (χ4v) is 4.21. The summed E-state index contributed by atoms with van der Waals surface area (Å²) in [5.74, 6) is -0.498. The van der Waals surface area contributed by atoms with Crippen molar-refractivity contribution in [3.05, 3.63) is 60.2 Å². The summed E-state index contributed by atoms with van der Waals surface area (Å²) in [5, 5.41) is 5.81. The standard InChI is InChI=1S/C25H32N6O3/c1-28-13-15-29(16-14-28)12-11-26-23(32)18-30-21-9-5-6-10-22(21)31(19-24(30)33)25(34)27-17-20-7-3-2-4-8-20/h2-10H,11-19H2,1H3,(H,26,32)(H,27,34).